The lowest BCUT2D eigenvalue weighted by Crippen LogP contribution is -2.05. The summed E-state index contributed by atoms with van der Waals surface area (Å²) in [6.07, 6.45) is 0. The summed E-state index contributed by atoms with van der Waals surface area (Å²) >= 11 is 0. The van der Waals surface area contributed by atoms with Gasteiger partial charge >= 0.3 is 0 Å². The van der Waals surface area contributed by atoms with Gasteiger partial charge in [0.1, 0.15) is 12.4 Å². The van der Waals surface area contributed by atoms with Gasteiger partial charge in [-0.2, -0.15) is 0 Å². The molecule has 0 heterocycles. The van der Waals surface area contributed by atoms with Crippen molar-refractivity contribution in [3.63, 3.8) is 0 Å². The molecule has 0 aliphatic rings. The minimum atomic E-state index is 0.00684. The van der Waals surface area contributed by atoms with Gasteiger partial charge in [0, 0.05) is 6.04 Å². The largest absolute Gasteiger partial charge is 0.489 e. The van der Waals surface area contributed by atoms with Gasteiger partial charge in [-0.25, -0.2) is 0 Å². The molecule has 0 aromatic heterocycles. The van der Waals surface area contributed by atoms with E-state index in [0.29, 0.717) is 6.61 Å². The molecule has 100 valence electrons. The van der Waals surface area contributed by atoms with Crippen LogP contribution < -0.4 is 10.5 Å². The molecule has 0 saturated carbocycles. The van der Waals surface area contributed by atoms with Crippen LogP contribution in [0.5, 0.6) is 5.75 Å². The van der Waals surface area contributed by atoms with Crippen LogP contribution in [0.4, 0.5) is 0 Å². The standard InChI is InChI=1S/C16H19NO2/c1-12(17)15-3-2-4-16(9-15)19-11-14-7-5-13(10-18)6-8-14/h2-9,12,18H,10-11,17H2,1H3/t12-/m0/s1. The summed E-state index contributed by atoms with van der Waals surface area (Å²) in [7, 11) is 0. The molecule has 0 unspecified atom stereocenters. The van der Waals surface area contributed by atoms with Crippen molar-refractivity contribution in [3.8, 4) is 5.75 Å². The first-order valence-corrected chi connectivity index (χ1v) is 6.36. The first-order valence-electron chi connectivity index (χ1n) is 6.36. The van der Waals surface area contributed by atoms with Crippen LogP contribution in [0.15, 0.2) is 48.5 Å². The van der Waals surface area contributed by atoms with Crippen molar-refractivity contribution in [2.45, 2.75) is 26.2 Å². The maximum atomic E-state index is 8.98. The van der Waals surface area contributed by atoms with E-state index in [4.69, 9.17) is 15.6 Å². The first kappa shape index (κ1) is 13.6. The van der Waals surface area contributed by atoms with Crippen molar-refractivity contribution in [2.75, 3.05) is 0 Å². The molecule has 0 amide bonds. The zero-order valence-corrected chi connectivity index (χ0v) is 11.0. The van der Waals surface area contributed by atoms with Crippen molar-refractivity contribution in [1.29, 1.82) is 0 Å². The topological polar surface area (TPSA) is 55.5 Å². The molecule has 2 aromatic carbocycles. The summed E-state index contributed by atoms with van der Waals surface area (Å²) in [5.41, 5.74) is 8.88. The Balaban J connectivity index is 1.99. The Morgan fingerprint density at radius 1 is 1.11 bits per heavy atom. The van der Waals surface area contributed by atoms with E-state index in [1.165, 1.54) is 0 Å². The highest BCUT2D eigenvalue weighted by Crippen LogP contribution is 2.18. The van der Waals surface area contributed by atoms with E-state index in [1.54, 1.807) is 0 Å². The fourth-order valence-electron chi connectivity index (χ4n) is 1.80. The van der Waals surface area contributed by atoms with Gasteiger partial charge in [-0.15, -0.1) is 0 Å². The molecule has 0 aliphatic heterocycles. The predicted molar refractivity (Wildman–Crippen MR) is 75.7 cm³/mol. The average molecular weight is 257 g/mol. The van der Waals surface area contributed by atoms with Crippen molar-refractivity contribution in [3.05, 3.63) is 65.2 Å². The molecule has 3 nitrogen and oxygen atoms in total. The van der Waals surface area contributed by atoms with Gasteiger partial charge in [-0.05, 0) is 35.7 Å². The van der Waals surface area contributed by atoms with E-state index in [-0.39, 0.29) is 12.6 Å². The van der Waals surface area contributed by atoms with Gasteiger partial charge in [0.25, 0.3) is 0 Å². The molecular weight excluding hydrogens is 238 g/mol. The van der Waals surface area contributed by atoms with Gasteiger partial charge in [0.15, 0.2) is 0 Å². The predicted octanol–water partition coefficient (Wildman–Crippen LogP) is 2.78. The van der Waals surface area contributed by atoms with E-state index < -0.39 is 0 Å². The number of hydrogen-bond donors (Lipinski definition) is 2. The van der Waals surface area contributed by atoms with E-state index in [0.717, 1.165) is 22.4 Å². The van der Waals surface area contributed by atoms with Crippen molar-refractivity contribution in [1.82, 2.24) is 0 Å². The minimum Gasteiger partial charge on any atom is -0.489 e. The lowest BCUT2D eigenvalue weighted by molar-refractivity contribution is 0.281. The van der Waals surface area contributed by atoms with Crippen LogP contribution in [-0.4, -0.2) is 5.11 Å². The molecule has 0 saturated heterocycles. The number of aliphatic hydroxyl groups excluding tert-OH is 1. The van der Waals surface area contributed by atoms with E-state index >= 15 is 0 Å². The Kier molecular flexibility index (Phi) is 4.55. The molecule has 2 aromatic rings. The number of nitrogens with two attached hydrogens (primary N) is 1. The van der Waals surface area contributed by atoms with E-state index in [1.807, 2.05) is 55.5 Å². The highest BCUT2D eigenvalue weighted by molar-refractivity contribution is 5.30. The summed E-state index contributed by atoms with van der Waals surface area (Å²) in [6.45, 7) is 2.53. The van der Waals surface area contributed by atoms with Crippen molar-refractivity contribution < 1.29 is 9.84 Å². The third kappa shape index (κ3) is 3.81. The van der Waals surface area contributed by atoms with Crippen LogP contribution in [0.2, 0.25) is 0 Å². The van der Waals surface area contributed by atoms with E-state index in [9.17, 15) is 0 Å². The zero-order valence-electron chi connectivity index (χ0n) is 11.0. The molecule has 19 heavy (non-hydrogen) atoms. The number of benzene rings is 2. The first-order chi connectivity index (χ1) is 9.19. The summed E-state index contributed by atoms with van der Waals surface area (Å²) in [5, 5.41) is 8.98. The van der Waals surface area contributed by atoms with Crippen LogP contribution in [0.3, 0.4) is 0 Å². The summed E-state index contributed by atoms with van der Waals surface area (Å²) in [6, 6.07) is 15.6. The Labute approximate surface area is 113 Å². The number of aliphatic hydroxyl groups is 1. The van der Waals surface area contributed by atoms with Gasteiger partial charge < -0.3 is 15.6 Å². The van der Waals surface area contributed by atoms with Gasteiger partial charge in [-0.3, -0.25) is 0 Å². The van der Waals surface area contributed by atoms with E-state index in [2.05, 4.69) is 0 Å². The highest BCUT2D eigenvalue weighted by Gasteiger charge is 2.01. The molecule has 0 spiro atoms. The van der Waals surface area contributed by atoms with Crippen LogP contribution in [-0.2, 0) is 13.2 Å². The second-order valence-corrected chi connectivity index (χ2v) is 4.62. The molecular formula is C16H19NO2. The molecule has 3 N–H and O–H groups in total. The third-order valence-corrected chi connectivity index (χ3v) is 2.99. The second kappa shape index (κ2) is 6.36. The molecule has 2 rings (SSSR count). The SMILES string of the molecule is C[C@H](N)c1cccc(OCc2ccc(CO)cc2)c1. The summed E-state index contributed by atoms with van der Waals surface area (Å²) < 4.78 is 5.74. The fourth-order valence-corrected chi connectivity index (χ4v) is 1.80. The quantitative estimate of drug-likeness (QED) is 0.866. The Hall–Kier alpha value is -1.84. The molecule has 0 aliphatic carbocycles. The normalized spacial score (nSPS) is 12.2. The monoisotopic (exact) mass is 257 g/mol. The number of hydrogen-bond acceptors (Lipinski definition) is 3. The lowest BCUT2D eigenvalue weighted by Gasteiger charge is -2.10. The molecule has 0 bridgehead atoms. The highest BCUT2D eigenvalue weighted by atomic mass is 16.5. The van der Waals surface area contributed by atoms with Gasteiger partial charge in [-0.1, -0.05) is 36.4 Å². The lowest BCUT2D eigenvalue weighted by atomic mass is 10.1. The van der Waals surface area contributed by atoms with Crippen molar-refractivity contribution >= 4 is 0 Å². The van der Waals surface area contributed by atoms with Crippen LogP contribution >= 0.6 is 0 Å². The Bertz CT molecular complexity index is 521. The Morgan fingerprint density at radius 2 is 1.79 bits per heavy atom. The molecule has 0 radical (unpaired) electrons. The maximum Gasteiger partial charge on any atom is 0.120 e. The minimum absolute atomic E-state index is 0.00684. The summed E-state index contributed by atoms with van der Waals surface area (Å²) in [4.78, 5) is 0. The fraction of sp³-hybridized carbons (Fsp3) is 0.250. The second-order valence-electron chi connectivity index (χ2n) is 4.62. The maximum absolute atomic E-state index is 8.98. The number of rotatable bonds is 5. The molecule has 3 heteroatoms. The van der Waals surface area contributed by atoms with Crippen LogP contribution in [0.25, 0.3) is 0 Å². The van der Waals surface area contributed by atoms with Crippen molar-refractivity contribution in [2.24, 2.45) is 5.73 Å². The van der Waals surface area contributed by atoms with Gasteiger partial charge in [0.2, 0.25) is 0 Å². The zero-order chi connectivity index (χ0) is 13.7. The summed E-state index contributed by atoms with van der Waals surface area (Å²) in [5.74, 6) is 0.820. The van der Waals surface area contributed by atoms with Crippen LogP contribution in [0.1, 0.15) is 29.7 Å². The number of ether oxygens (including phenoxy) is 1. The van der Waals surface area contributed by atoms with Gasteiger partial charge in [0.05, 0.1) is 6.61 Å². The molecule has 1 atom stereocenters. The molecule has 0 fully saturated rings. The smallest absolute Gasteiger partial charge is 0.120 e. The third-order valence-electron chi connectivity index (χ3n) is 2.99. The van der Waals surface area contributed by atoms with Crippen LogP contribution in [0, 0.1) is 0 Å². The Morgan fingerprint density at radius 3 is 2.42 bits per heavy atom. The average Bonchev–Trinajstić information content (AvgIpc) is 2.46.